The van der Waals surface area contributed by atoms with E-state index in [9.17, 15) is 9.90 Å². The number of ether oxygens (including phenoxy) is 2. The van der Waals surface area contributed by atoms with Crippen molar-refractivity contribution in [2.24, 2.45) is 0 Å². The van der Waals surface area contributed by atoms with Gasteiger partial charge in [0.25, 0.3) is 0 Å². The van der Waals surface area contributed by atoms with E-state index in [-0.39, 0.29) is 18.1 Å². The van der Waals surface area contributed by atoms with E-state index in [1.807, 2.05) is 6.92 Å². The molecule has 0 bridgehead atoms. The second-order valence-electron chi connectivity index (χ2n) is 5.07. The van der Waals surface area contributed by atoms with E-state index in [0.29, 0.717) is 32.6 Å². The summed E-state index contributed by atoms with van der Waals surface area (Å²) in [4.78, 5) is 11.8. The Labute approximate surface area is 101 Å². The van der Waals surface area contributed by atoms with E-state index in [0.717, 1.165) is 12.8 Å². The Morgan fingerprint density at radius 2 is 2.12 bits per heavy atom. The smallest absolute Gasteiger partial charge is 0.249 e. The molecular weight excluding hydrogens is 222 g/mol. The van der Waals surface area contributed by atoms with Crippen molar-refractivity contribution < 1.29 is 19.4 Å². The van der Waals surface area contributed by atoms with Crippen LogP contribution in [0.3, 0.4) is 0 Å². The average Bonchev–Trinajstić information content (AvgIpc) is 2.74. The van der Waals surface area contributed by atoms with E-state index < -0.39 is 5.60 Å². The van der Waals surface area contributed by atoms with Crippen LogP contribution in [-0.2, 0) is 14.3 Å². The number of hydrogen-bond acceptors (Lipinski definition) is 4. The molecule has 2 unspecified atom stereocenters. The van der Waals surface area contributed by atoms with Gasteiger partial charge in [-0.15, -0.1) is 0 Å². The van der Waals surface area contributed by atoms with Crippen LogP contribution in [0.4, 0.5) is 0 Å². The van der Waals surface area contributed by atoms with E-state index in [1.165, 1.54) is 0 Å². The molecule has 2 saturated heterocycles. The predicted octanol–water partition coefficient (Wildman–Crippen LogP) is 0.212. The summed E-state index contributed by atoms with van der Waals surface area (Å²) in [5.74, 6) is -0.103. The zero-order chi connectivity index (χ0) is 12.3. The first-order chi connectivity index (χ1) is 8.09. The molecule has 0 aromatic heterocycles. The molecule has 0 aromatic rings. The number of aliphatic hydroxyl groups is 1. The quantitative estimate of drug-likeness (QED) is 0.743. The summed E-state index contributed by atoms with van der Waals surface area (Å²) in [7, 11) is 0. The molecule has 2 aliphatic heterocycles. The van der Waals surface area contributed by atoms with E-state index in [4.69, 9.17) is 9.47 Å². The highest BCUT2D eigenvalue weighted by Crippen LogP contribution is 2.21. The molecule has 2 aliphatic rings. The van der Waals surface area contributed by atoms with Gasteiger partial charge in [0.2, 0.25) is 5.91 Å². The molecule has 2 rings (SSSR count). The van der Waals surface area contributed by atoms with Gasteiger partial charge in [-0.25, -0.2) is 0 Å². The SMILES string of the molecule is CC1CCC(C(=O)NCC2(O)CCOCC2)O1. The fourth-order valence-corrected chi connectivity index (χ4v) is 2.29. The maximum absolute atomic E-state index is 11.8. The Hall–Kier alpha value is -0.650. The van der Waals surface area contributed by atoms with Gasteiger partial charge in [-0.05, 0) is 19.8 Å². The summed E-state index contributed by atoms with van der Waals surface area (Å²) in [5.41, 5.74) is -0.807. The van der Waals surface area contributed by atoms with Crippen molar-refractivity contribution >= 4 is 5.91 Å². The van der Waals surface area contributed by atoms with Crippen LogP contribution in [0.2, 0.25) is 0 Å². The van der Waals surface area contributed by atoms with Gasteiger partial charge in [0.1, 0.15) is 6.10 Å². The number of carbonyl (C=O) groups is 1. The molecule has 0 aromatic carbocycles. The van der Waals surface area contributed by atoms with Crippen LogP contribution < -0.4 is 5.32 Å². The topological polar surface area (TPSA) is 67.8 Å². The van der Waals surface area contributed by atoms with E-state index in [2.05, 4.69) is 5.32 Å². The molecule has 1 amide bonds. The third-order valence-corrected chi connectivity index (χ3v) is 3.54. The summed E-state index contributed by atoms with van der Waals surface area (Å²) < 4.78 is 10.7. The third-order valence-electron chi connectivity index (χ3n) is 3.54. The largest absolute Gasteiger partial charge is 0.388 e. The lowest BCUT2D eigenvalue weighted by atomic mass is 9.94. The third kappa shape index (κ3) is 3.40. The summed E-state index contributed by atoms with van der Waals surface area (Å²) >= 11 is 0. The maximum Gasteiger partial charge on any atom is 0.249 e. The van der Waals surface area contributed by atoms with Crippen molar-refractivity contribution in [1.29, 1.82) is 0 Å². The first kappa shape index (κ1) is 12.8. The van der Waals surface area contributed by atoms with Gasteiger partial charge in [-0.2, -0.15) is 0 Å². The minimum absolute atomic E-state index is 0.103. The summed E-state index contributed by atoms with van der Waals surface area (Å²) in [5, 5.41) is 13.0. The Morgan fingerprint density at radius 1 is 1.41 bits per heavy atom. The molecule has 2 heterocycles. The monoisotopic (exact) mass is 243 g/mol. The minimum atomic E-state index is -0.807. The highest BCUT2D eigenvalue weighted by molar-refractivity contribution is 5.81. The summed E-state index contributed by atoms with van der Waals surface area (Å²) in [6, 6.07) is 0. The average molecular weight is 243 g/mol. The molecule has 0 spiro atoms. The molecule has 0 radical (unpaired) electrons. The summed E-state index contributed by atoms with van der Waals surface area (Å²) in [6.07, 6.45) is 2.68. The van der Waals surface area contributed by atoms with Crippen molar-refractivity contribution in [2.45, 2.75) is 50.4 Å². The highest BCUT2D eigenvalue weighted by atomic mass is 16.5. The Kier molecular flexibility index (Phi) is 4.01. The van der Waals surface area contributed by atoms with Gasteiger partial charge in [0, 0.05) is 32.6 Å². The minimum Gasteiger partial charge on any atom is -0.388 e. The van der Waals surface area contributed by atoms with Gasteiger partial charge in [-0.3, -0.25) is 4.79 Å². The first-order valence-corrected chi connectivity index (χ1v) is 6.32. The van der Waals surface area contributed by atoms with Gasteiger partial charge >= 0.3 is 0 Å². The van der Waals surface area contributed by atoms with Crippen LogP contribution in [0.25, 0.3) is 0 Å². The fourth-order valence-electron chi connectivity index (χ4n) is 2.29. The van der Waals surface area contributed by atoms with Crippen LogP contribution in [-0.4, -0.2) is 48.6 Å². The zero-order valence-electron chi connectivity index (χ0n) is 10.3. The lowest BCUT2D eigenvalue weighted by Crippen LogP contribution is -2.48. The highest BCUT2D eigenvalue weighted by Gasteiger charge is 2.33. The number of amides is 1. The van der Waals surface area contributed by atoms with Gasteiger partial charge in [0.05, 0.1) is 11.7 Å². The van der Waals surface area contributed by atoms with Crippen LogP contribution >= 0.6 is 0 Å². The number of carbonyl (C=O) groups excluding carboxylic acids is 1. The zero-order valence-corrected chi connectivity index (χ0v) is 10.3. The molecule has 17 heavy (non-hydrogen) atoms. The van der Waals surface area contributed by atoms with Crippen molar-refractivity contribution in [2.75, 3.05) is 19.8 Å². The number of nitrogens with one attached hydrogen (secondary N) is 1. The molecule has 2 fully saturated rings. The molecular formula is C12H21NO4. The molecule has 2 atom stereocenters. The van der Waals surface area contributed by atoms with Gasteiger partial charge in [0.15, 0.2) is 0 Å². The second-order valence-corrected chi connectivity index (χ2v) is 5.07. The number of rotatable bonds is 3. The number of hydrogen-bond donors (Lipinski definition) is 2. The van der Waals surface area contributed by atoms with Crippen LogP contribution in [0.5, 0.6) is 0 Å². The lowest BCUT2D eigenvalue weighted by molar-refractivity contribution is -0.134. The van der Waals surface area contributed by atoms with Crippen LogP contribution in [0.15, 0.2) is 0 Å². The lowest BCUT2D eigenvalue weighted by Gasteiger charge is -2.32. The van der Waals surface area contributed by atoms with Crippen molar-refractivity contribution in [3.63, 3.8) is 0 Å². The normalized spacial score (nSPS) is 32.4. The molecule has 0 saturated carbocycles. The maximum atomic E-state index is 11.8. The molecule has 0 aliphatic carbocycles. The Morgan fingerprint density at radius 3 is 2.71 bits per heavy atom. The molecule has 5 nitrogen and oxygen atoms in total. The Bertz CT molecular complexity index is 276. The van der Waals surface area contributed by atoms with Crippen LogP contribution in [0.1, 0.15) is 32.6 Å². The second kappa shape index (κ2) is 5.33. The standard InChI is InChI=1S/C12H21NO4/c1-9-2-3-10(17-9)11(14)13-8-12(15)4-6-16-7-5-12/h9-10,15H,2-8H2,1H3,(H,13,14). The Balaban J connectivity index is 1.75. The van der Waals surface area contributed by atoms with Gasteiger partial charge < -0.3 is 19.9 Å². The van der Waals surface area contributed by atoms with E-state index in [1.54, 1.807) is 0 Å². The first-order valence-electron chi connectivity index (χ1n) is 6.32. The summed E-state index contributed by atoms with van der Waals surface area (Å²) in [6.45, 7) is 3.38. The predicted molar refractivity (Wildman–Crippen MR) is 61.6 cm³/mol. The van der Waals surface area contributed by atoms with Crippen molar-refractivity contribution in [3.05, 3.63) is 0 Å². The molecule has 5 heteroatoms. The molecule has 2 N–H and O–H groups in total. The molecule has 98 valence electrons. The van der Waals surface area contributed by atoms with Crippen LogP contribution in [0, 0.1) is 0 Å². The fraction of sp³-hybridized carbons (Fsp3) is 0.917. The van der Waals surface area contributed by atoms with Crippen molar-refractivity contribution in [1.82, 2.24) is 5.32 Å². The van der Waals surface area contributed by atoms with Crippen molar-refractivity contribution in [3.8, 4) is 0 Å². The van der Waals surface area contributed by atoms with Gasteiger partial charge in [-0.1, -0.05) is 0 Å². The van der Waals surface area contributed by atoms with E-state index >= 15 is 0 Å².